The summed E-state index contributed by atoms with van der Waals surface area (Å²) in [6.45, 7) is 2.97. The van der Waals surface area contributed by atoms with E-state index in [9.17, 15) is 0 Å². The van der Waals surface area contributed by atoms with Crippen LogP contribution in [0.25, 0.3) is 0 Å². The van der Waals surface area contributed by atoms with Crippen LogP contribution in [0.5, 0.6) is 5.88 Å². The van der Waals surface area contributed by atoms with Crippen molar-refractivity contribution in [2.75, 3.05) is 6.61 Å². The van der Waals surface area contributed by atoms with Gasteiger partial charge in [-0.1, -0.05) is 32.3 Å². The van der Waals surface area contributed by atoms with Crippen molar-refractivity contribution in [1.82, 2.24) is 4.98 Å². The number of rotatable bonds is 6. The molecule has 71 valence electrons. The van der Waals surface area contributed by atoms with Gasteiger partial charge in [0.25, 0.3) is 0 Å². The van der Waals surface area contributed by atoms with Gasteiger partial charge in [-0.25, -0.2) is 4.98 Å². The Morgan fingerprint density at radius 2 is 2.31 bits per heavy atom. The summed E-state index contributed by atoms with van der Waals surface area (Å²) in [6.07, 6.45) is 7.65. The van der Waals surface area contributed by atoms with Crippen LogP contribution in [0.2, 0.25) is 0 Å². The summed E-state index contributed by atoms with van der Waals surface area (Å²) < 4.78 is 5.41. The normalized spacial score (nSPS) is 9.92. The van der Waals surface area contributed by atoms with E-state index in [0.29, 0.717) is 5.88 Å². The molecule has 0 saturated heterocycles. The summed E-state index contributed by atoms with van der Waals surface area (Å²) in [7, 11) is 0. The molecule has 0 atom stereocenters. The van der Waals surface area contributed by atoms with Crippen LogP contribution in [0.15, 0.2) is 18.2 Å². The summed E-state index contributed by atoms with van der Waals surface area (Å²) in [5.41, 5.74) is 0. The third-order valence-electron chi connectivity index (χ3n) is 1.83. The van der Waals surface area contributed by atoms with Crippen molar-refractivity contribution >= 4 is 0 Å². The molecule has 0 amide bonds. The standard InChI is InChI=1S/C11H16NO/c1-2-3-4-7-10-13-11-8-5-6-9-12-11/h5-6,8H,2-4,7,10H2,1H3. The highest BCUT2D eigenvalue weighted by Crippen LogP contribution is 2.05. The lowest BCUT2D eigenvalue weighted by molar-refractivity contribution is 0.293. The first-order chi connectivity index (χ1) is 6.43. The number of hydrogen-bond donors (Lipinski definition) is 0. The molecule has 0 bridgehead atoms. The van der Waals surface area contributed by atoms with Crippen LogP contribution in [0.4, 0.5) is 0 Å². The molecule has 0 aromatic carbocycles. The molecule has 13 heavy (non-hydrogen) atoms. The Bertz CT molecular complexity index is 211. The Morgan fingerprint density at radius 1 is 1.38 bits per heavy atom. The van der Waals surface area contributed by atoms with Crippen molar-refractivity contribution < 1.29 is 4.74 Å². The van der Waals surface area contributed by atoms with Crippen molar-refractivity contribution in [3.05, 3.63) is 24.4 Å². The van der Waals surface area contributed by atoms with E-state index < -0.39 is 0 Å². The van der Waals surface area contributed by atoms with Crippen LogP contribution in [0.1, 0.15) is 32.6 Å². The maximum Gasteiger partial charge on any atom is 0.213 e. The number of pyridine rings is 1. The van der Waals surface area contributed by atoms with Crippen LogP contribution in [-0.4, -0.2) is 11.6 Å². The summed E-state index contributed by atoms with van der Waals surface area (Å²) in [6, 6.07) is 5.51. The summed E-state index contributed by atoms with van der Waals surface area (Å²) in [5, 5.41) is 0. The highest BCUT2D eigenvalue weighted by atomic mass is 16.5. The van der Waals surface area contributed by atoms with E-state index in [1.807, 2.05) is 12.1 Å². The van der Waals surface area contributed by atoms with Gasteiger partial charge in [0.2, 0.25) is 5.88 Å². The fraction of sp³-hybridized carbons (Fsp3) is 0.545. The molecule has 1 radical (unpaired) electrons. The van der Waals surface area contributed by atoms with Crippen molar-refractivity contribution in [2.45, 2.75) is 32.6 Å². The Labute approximate surface area is 80.0 Å². The first-order valence-corrected chi connectivity index (χ1v) is 4.89. The van der Waals surface area contributed by atoms with Gasteiger partial charge >= 0.3 is 0 Å². The summed E-state index contributed by atoms with van der Waals surface area (Å²) in [4.78, 5) is 3.95. The molecule has 1 rings (SSSR count). The van der Waals surface area contributed by atoms with E-state index in [1.165, 1.54) is 19.3 Å². The van der Waals surface area contributed by atoms with Crippen molar-refractivity contribution in [1.29, 1.82) is 0 Å². The molecule has 2 heteroatoms. The summed E-state index contributed by atoms with van der Waals surface area (Å²) >= 11 is 0. The molecule has 0 spiro atoms. The second-order valence-corrected chi connectivity index (χ2v) is 3.01. The molecule has 1 heterocycles. The quantitative estimate of drug-likeness (QED) is 0.625. The number of hydrogen-bond acceptors (Lipinski definition) is 2. The molecule has 0 fully saturated rings. The van der Waals surface area contributed by atoms with Gasteiger partial charge in [-0.2, -0.15) is 0 Å². The fourth-order valence-electron chi connectivity index (χ4n) is 1.10. The van der Waals surface area contributed by atoms with E-state index in [0.717, 1.165) is 13.0 Å². The average Bonchev–Trinajstić information content (AvgIpc) is 2.19. The minimum atomic E-state index is 0.680. The minimum Gasteiger partial charge on any atom is -0.478 e. The molecule has 2 nitrogen and oxygen atoms in total. The number of aromatic nitrogens is 1. The van der Waals surface area contributed by atoms with Crippen molar-refractivity contribution in [2.24, 2.45) is 0 Å². The fourth-order valence-corrected chi connectivity index (χ4v) is 1.10. The zero-order valence-electron chi connectivity index (χ0n) is 8.12. The van der Waals surface area contributed by atoms with Gasteiger partial charge < -0.3 is 4.74 Å². The van der Waals surface area contributed by atoms with Gasteiger partial charge in [0.15, 0.2) is 0 Å². The van der Waals surface area contributed by atoms with Crippen LogP contribution in [-0.2, 0) is 0 Å². The van der Waals surface area contributed by atoms with Gasteiger partial charge in [-0.15, -0.1) is 0 Å². The lowest BCUT2D eigenvalue weighted by Crippen LogP contribution is -1.98. The van der Waals surface area contributed by atoms with E-state index >= 15 is 0 Å². The number of ether oxygens (including phenoxy) is 1. The van der Waals surface area contributed by atoms with E-state index in [4.69, 9.17) is 4.74 Å². The average molecular weight is 178 g/mol. The van der Waals surface area contributed by atoms with Gasteiger partial charge in [0.1, 0.15) is 0 Å². The predicted molar refractivity (Wildman–Crippen MR) is 52.7 cm³/mol. The monoisotopic (exact) mass is 178 g/mol. The van der Waals surface area contributed by atoms with E-state index in [2.05, 4.69) is 18.1 Å². The van der Waals surface area contributed by atoms with Crippen LogP contribution in [0.3, 0.4) is 0 Å². The molecular formula is C11H16NO. The number of nitrogens with zero attached hydrogens (tertiary/aromatic N) is 1. The van der Waals surface area contributed by atoms with Crippen LogP contribution in [0, 0.1) is 6.20 Å². The third-order valence-corrected chi connectivity index (χ3v) is 1.83. The first kappa shape index (κ1) is 10.0. The molecule has 0 aliphatic carbocycles. The second-order valence-electron chi connectivity index (χ2n) is 3.01. The Balaban J connectivity index is 2.07. The molecule has 0 saturated carbocycles. The minimum absolute atomic E-state index is 0.680. The molecular weight excluding hydrogens is 162 g/mol. The number of unbranched alkanes of at least 4 members (excludes halogenated alkanes) is 3. The maximum atomic E-state index is 5.41. The molecule has 1 aromatic rings. The first-order valence-electron chi connectivity index (χ1n) is 4.89. The second kappa shape index (κ2) is 6.46. The predicted octanol–water partition coefficient (Wildman–Crippen LogP) is 2.84. The zero-order valence-corrected chi connectivity index (χ0v) is 8.12. The highest BCUT2D eigenvalue weighted by molar-refractivity contribution is 5.08. The lowest BCUT2D eigenvalue weighted by atomic mass is 10.2. The Morgan fingerprint density at radius 3 is 3.00 bits per heavy atom. The summed E-state index contributed by atoms with van der Waals surface area (Å²) in [5.74, 6) is 0.680. The van der Waals surface area contributed by atoms with Gasteiger partial charge in [0, 0.05) is 6.07 Å². The topological polar surface area (TPSA) is 22.1 Å². The third kappa shape index (κ3) is 4.51. The van der Waals surface area contributed by atoms with Crippen LogP contribution < -0.4 is 4.74 Å². The largest absolute Gasteiger partial charge is 0.478 e. The maximum absolute atomic E-state index is 5.41. The molecule has 1 aromatic heterocycles. The molecule has 0 aliphatic heterocycles. The van der Waals surface area contributed by atoms with Gasteiger partial charge in [-0.3, -0.25) is 0 Å². The highest BCUT2D eigenvalue weighted by Gasteiger charge is 1.92. The van der Waals surface area contributed by atoms with Crippen LogP contribution >= 0.6 is 0 Å². The van der Waals surface area contributed by atoms with Crippen molar-refractivity contribution in [3.63, 3.8) is 0 Å². The Kier molecular flexibility index (Phi) is 4.99. The zero-order chi connectivity index (χ0) is 9.36. The Hall–Kier alpha value is -1.05. The SMILES string of the molecule is CCCCCCOc1ccc[c]n1. The van der Waals surface area contributed by atoms with E-state index in [1.54, 1.807) is 6.07 Å². The molecule has 0 aliphatic rings. The lowest BCUT2D eigenvalue weighted by Gasteiger charge is -2.03. The smallest absolute Gasteiger partial charge is 0.213 e. The van der Waals surface area contributed by atoms with Gasteiger partial charge in [0.05, 0.1) is 12.8 Å². The molecule has 0 unspecified atom stereocenters. The van der Waals surface area contributed by atoms with E-state index in [-0.39, 0.29) is 0 Å². The van der Waals surface area contributed by atoms with Gasteiger partial charge in [-0.05, 0) is 12.5 Å². The van der Waals surface area contributed by atoms with Crippen molar-refractivity contribution in [3.8, 4) is 5.88 Å². The molecule has 0 N–H and O–H groups in total.